The van der Waals surface area contributed by atoms with Crippen LogP contribution in [-0.4, -0.2) is 36.9 Å². The van der Waals surface area contributed by atoms with Gasteiger partial charge in [-0.15, -0.1) is 0 Å². The Morgan fingerprint density at radius 1 is 0.719 bits per heavy atom. The molecule has 0 saturated heterocycles. The third-order valence-corrected chi connectivity index (χ3v) is 5.00. The van der Waals surface area contributed by atoms with Crippen LogP contribution in [-0.2, 0) is 0 Å². The fourth-order valence-corrected chi connectivity index (χ4v) is 3.49. The number of nitrogens with one attached hydrogen (secondary N) is 1. The van der Waals surface area contributed by atoms with Gasteiger partial charge in [0, 0.05) is 41.1 Å². The van der Waals surface area contributed by atoms with Crippen LogP contribution in [0.25, 0.3) is 33.2 Å². The van der Waals surface area contributed by atoms with E-state index < -0.39 is 5.97 Å². The lowest BCUT2D eigenvalue weighted by Gasteiger charge is -2.11. The molecule has 0 atom stereocenters. The minimum Gasteiger partial charge on any atom is -0.478 e. The van der Waals surface area contributed by atoms with Gasteiger partial charge in [0.1, 0.15) is 0 Å². The molecule has 5 rings (SSSR count). The van der Waals surface area contributed by atoms with Crippen LogP contribution < -0.4 is 5.32 Å². The fraction of sp³-hybridized carbons (Fsp3) is 0. The average molecular weight is 421 g/mol. The number of carboxylic acid groups (broad SMARTS) is 1. The number of fused-ring (bicyclic) bond motifs is 3. The summed E-state index contributed by atoms with van der Waals surface area (Å²) in [6, 6.07) is 15.3. The van der Waals surface area contributed by atoms with Crippen molar-refractivity contribution in [3.63, 3.8) is 0 Å². The number of nitrogens with zero attached hydrogens (tertiary/aromatic N) is 4. The van der Waals surface area contributed by atoms with Crippen molar-refractivity contribution in [2.45, 2.75) is 0 Å². The zero-order chi connectivity index (χ0) is 22.1. The first-order chi connectivity index (χ1) is 15.6. The van der Waals surface area contributed by atoms with Crippen LogP contribution in [0.15, 0.2) is 79.4 Å². The molecule has 2 N–H and O–H groups in total. The molecule has 0 spiro atoms. The van der Waals surface area contributed by atoms with E-state index in [1.165, 1.54) is 24.5 Å². The van der Waals surface area contributed by atoms with Gasteiger partial charge < -0.3 is 10.4 Å². The van der Waals surface area contributed by atoms with E-state index in [0.717, 1.165) is 16.3 Å². The van der Waals surface area contributed by atoms with Crippen LogP contribution in [0.4, 0.5) is 5.69 Å². The van der Waals surface area contributed by atoms with Crippen molar-refractivity contribution in [3.05, 3.63) is 90.5 Å². The van der Waals surface area contributed by atoms with Crippen molar-refractivity contribution in [1.82, 2.24) is 19.9 Å². The highest BCUT2D eigenvalue weighted by molar-refractivity contribution is 6.14. The molecule has 0 fully saturated rings. The maximum Gasteiger partial charge on any atom is 0.335 e. The van der Waals surface area contributed by atoms with Crippen LogP contribution in [0.3, 0.4) is 0 Å². The number of aromatic nitrogens is 4. The molecule has 0 radical (unpaired) electrons. The highest BCUT2D eigenvalue weighted by Crippen LogP contribution is 2.29. The summed E-state index contributed by atoms with van der Waals surface area (Å²) in [5, 5.41) is 13.8. The third kappa shape index (κ3) is 3.50. The molecule has 0 bridgehead atoms. The van der Waals surface area contributed by atoms with Crippen LogP contribution in [0.5, 0.6) is 0 Å². The Balaban J connectivity index is 1.52. The molecule has 0 aliphatic heterocycles. The van der Waals surface area contributed by atoms with Gasteiger partial charge in [-0.1, -0.05) is 6.07 Å². The standard InChI is InChI=1S/C24H15N5O3/c30-23(15-5-9-25-19(12-15)20-13-16(24(31)32)6-10-26-20)29-18-11-14-3-1-7-27-21(14)22-17(18)4-2-8-28-22/h1-13H,(H,29,30)(H,31,32). The zero-order valence-electron chi connectivity index (χ0n) is 16.6. The Kier molecular flexibility index (Phi) is 4.72. The number of pyridine rings is 4. The number of anilines is 1. The molecule has 0 unspecified atom stereocenters. The Hall–Kier alpha value is -4.72. The SMILES string of the molecule is O=C(O)c1ccnc(-c2cc(C(=O)Nc3cc4cccnc4c4ncccc34)ccn2)c1. The summed E-state index contributed by atoms with van der Waals surface area (Å²) in [6.45, 7) is 0. The zero-order valence-corrected chi connectivity index (χ0v) is 16.6. The van der Waals surface area contributed by atoms with Crippen LogP contribution >= 0.6 is 0 Å². The molecule has 0 aliphatic carbocycles. The van der Waals surface area contributed by atoms with E-state index in [1.807, 2.05) is 24.3 Å². The highest BCUT2D eigenvalue weighted by atomic mass is 16.4. The summed E-state index contributed by atoms with van der Waals surface area (Å²) < 4.78 is 0. The van der Waals surface area contributed by atoms with Gasteiger partial charge in [-0.2, -0.15) is 0 Å². The number of amides is 1. The molecule has 1 amide bonds. The lowest BCUT2D eigenvalue weighted by atomic mass is 10.1. The number of rotatable bonds is 4. The average Bonchev–Trinajstić information content (AvgIpc) is 2.84. The summed E-state index contributed by atoms with van der Waals surface area (Å²) in [7, 11) is 0. The number of carboxylic acids is 1. The molecule has 1 aromatic carbocycles. The van der Waals surface area contributed by atoms with Crippen LogP contribution in [0.1, 0.15) is 20.7 Å². The molecule has 154 valence electrons. The third-order valence-electron chi connectivity index (χ3n) is 5.00. The molecule has 32 heavy (non-hydrogen) atoms. The van der Waals surface area contributed by atoms with Gasteiger partial charge >= 0.3 is 5.97 Å². The monoisotopic (exact) mass is 421 g/mol. The van der Waals surface area contributed by atoms with E-state index in [2.05, 4.69) is 25.3 Å². The quantitative estimate of drug-likeness (QED) is 0.418. The number of carbonyl (C=O) groups is 2. The van der Waals surface area contributed by atoms with Crippen molar-refractivity contribution in [3.8, 4) is 11.4 Å². The van der Waals surface area contributed by atoms with Gasteiger partial charge in [0.15, 0.2) is 0 Å². The Morgan fingerprint density at radius 3 is 2.12 bits per heavy atom. The van der Waals surface area contributed by atoms with E-state index in [4.69, 9.17) is 0 Å². The van der Waals surface area contributed by atoms with E-state index in [-0.39, 0.29) is 11.5 Å². The first-order valence-electron chi connectivity index (χ1n) is 9.70. The van der Waals surface area contributed by atoms with E-state index in [0.29, 0.717) is 28.2 Å². The number of hydrogen-bond donors (Lipinski definition) is 2. The summed E-state index contributed by atoms with van der Waals surface area (Å²) >= 11 is 0. The molecule has 0 aliphatic rings. The van der Waals surface area contributed by atoms with E-state index in [1.54, 1.807) is 30.6 Å². The summed E-state index contributed by atoms with van der Waals surface area (Å²) in [5.41, 5.74) is 3.29. The van der Waals surface area contributed by atoms with Gasteiger partial charge in [0.25, 0.3) is 5.91 Å². The second-order valence-corrected chi connectivity index (χ2v) is 7.02. The lowest BCUT2D eigenvalue weighted by molar-refractivity contribution is 0.0696. The first-order valence-corrected chi connectivity index (χ1v) is 9.70. The number of benzene rings is 1. The van der Waals surface area contributed by atoms with Crippen molar-refractivity contribution in [2.75, 3.05) is 5.32 Å². The minimum absolute atomic E-state index is 0.0930. The highest BCUT2D eigenvalue weighted by Gasteiger charge is 2.14. The maximum absolute atomic E-state index is 13.1. The Morgan fingerprint density at radius 2 is 1.38 bits per heavy atom. The number of hydrogen-bond acceptors (Lipinski definition) is 6. The van der Waals surface area contributed by atoms with Gasteiger partial charge in [-0.25, -0.2) is 4.79 Å². The summed E-state index contributed by atoms with van der Waals surface area (Å²) in [6.07, 6.45) is 6.29. The number of aromatic carboxylic acids is 1. The summed E-state index contributed by atoms with van der Waals surface area (Å²) in [5.74, 6) is -1.40. The Bertz CT molecular complexity index is 1520. The second kappa shape index (κ2) is 7.84. The van der Waals surface area contributed by atoms with E-state index >= 15 is 0 Å². The first kappa shape index (κ1) is 19.3. The summed E-state index contributed by atoms with van der Waals surface area (Å²) in [4.78, 5) is 41.6. The molecular formula is C24H15N5O3. The molecule has 4 heterocycles. The molecule has 8 heteroatoms. The normalized spacial score (nSPS) is 10.9. The predicted molar refractivity (Wildman–Crippen MR) is 119 cm³/mol. The van der Waals surface area contributed by atoms with Crippen molar-refractivity contribution < 1.29 is 14.7 Å². The minimum atomic E-state index is -1.06. The maximum atomic E-state index is 13.1. The van der Waals surface area contributed by atoms with E-state index in [9.17, 15) is 14.7 Å². The fourth-order valence-electron chi connectivity index (χ4n) is 3.49. The molecule has 4 aromatic heterocycles. The smallest absolute Gasteiger partial charge is 0.335 e. The van der Waals surface area contributed by atoms with Crippen LogP contribution in [0.2, 0.25) is 0 Å². The topological polar surface area (TPSA) is 118 Å². The molecule has 0 saturated carbocycles. The predicted octanol–water partition coefficient (Wildman–Crippen LogP) is 4.19. The lowest BCUT2D eigenvalue weighted by Crippen LogP contribution is -2.13. The van der Waals surface area contributed by atoms with Crippen molar-refractivity contribution in [1.29, 1.82) is 0 Å². The molecule has 5 aromatic rings. The number of carbonyl (C=O) groups excluding carboxylic acids is 1. The second-order valence-electron chi connectivity index (χ2n) is 7.02. The largest absolute Gasteiger partial charge is 0.478 e. The van der Waals surface area contributed by atoms with Crippen molar-refractivity contribution in [2.24, 2.45) is 0 Å². The molecule has 8 nitrogen and oxygen atoms in total. The van der Waals surface area contributed by atoms with Gasteiger partial charge in [0.05, 0.1) is 33.7 Å². The van der Waals surface area contributed by atoms with Crippen LogP contribution in [0, 0.1) is 0 Å². The van der Waals surface area contributed by atoms with Gasteiger partial charge in [0.2, 0.25) is 0 Å². The van der Waals surface area contributed by atoms with Gasteiger partial charge in [-0.05, 0) is 48.5 Å². The van der Waals surface area contributed by atoms with Crippen molar-refractivity contribution >= 4 is 39.4 Å². The molecular weight excluding hydrogens is 406 g/mol. The Labute approximate surface area is 181 Å². The van der Waals surface area contributed by atoms with Gasteiger partial charge in [-0.3, -0.25) is 24.7 Å².